The molecule has 1 aliphatic rings. The Morgan fingerprint density at radius 3 is 3.05 bits per heavy atom. The van der Waals surface area contributed by atoms with E-state index in [0.29, 0.717) is 29.9 Å². The molecule has 0 radical (unpaired) electrons. The van der Waals surface area contributed by atoms with Gasteiger partial charge in [-0.2, -0.15) is 5.26 Å². The first-order valence-corrected chi connectivity index (χ1v) is 6.71. The standard InChI is InChI=1S/C14H10ClN3O3/c15-14-8(5-16)6-17-11-4-13(12(18-19)3-10(11)14)21-9-1-2-20-7-9/h3-4,6,9H,1-2,7H2. The van der Waals surface area contributed by atoms with Crippen molar-refractivity contribution in [3.05, 3.63) is 33.8 Å². The molecule has 0 aliphatic carbocycles. The first-order valence-electron chi connectivity index (χ1n) is 6.33. The van der Waals surface area contributed by atoms with Crippen molar-refractivity contribution in [3.8, 4) is 11.8 Å². The number of hydrogen-bond donors (Lipinski definition) is 0. The summed E-state index contributed by atoms with van der Waals surface area (Å²) in [5, 5.41) is 12.7. The van der Waals surface area contributed by atoms with Gasteiger partial charge in [-0.05, 0) is 11.2 Å². The van der Waals surface area contributed by atoms with Crippen LogP contribution >= 0.6 is 11.6 Å². The molecular weight excluding hydrogens is 294 g/mol. The molecule has 106 valence electrons. The van der Waals surface area contributed by atoms with Gasteiger partial charge in [0.2, 0.25) is 0 Å². The Kier molecular flexibility index (Phi) is 3.69. The number of rotatable bonds is 3. The molecule has 1 aliphatic heterocycles. The van der Waals surface area contributed by atoms with E-state index < -0.39 is 0 Å². The van der Waals surface area contributed by atoms with Gasteiger partial charge >= 0.3 is 0 Å². The molecule has 2 heterocycles. The Bertz CT molecular complexity index is 751. The molecule has 0 amide bonds. The van der Waals surface area contributed by atoms with E-state index in [2.05, 4.69) is 10.2 Å². The predicted octanol–water partition coefficient (Wildman–Crippen LogP) is 3.33. The van der Waals surface area contributed by atoms with Gasteiger partial charge in [0.1, 0.15) is 12.2 Å². The van der Waals surface area contributed by atoms with Crippen molar-refractivity contribution < 1.29 is 9.47 Å². The summed E-state index contributed by atoms with van der Waals surface area (Å²) in [6.45, 7) is 1.12. The molecule has 7 heteroatoms. The fourth-order valence-corrected chi connectivity index (χ4v) is 2.45. The average Bonchev–Trinajstić information content (AvgIpc) is 3.00. The van der Waals surface area contributed by atoms with Crippen LogP contribution in [0.1, 0.15) is 12.0 Å². The molecule has 1 aromatic heterocycles. The van der Waals surface area contributed by atoms with Crippen LogP contribution in [0.15, 0.2) is 23.5 Å². The number of hydrogen-bond acceptors (Lipinski definition) is 6. The summed E-state index contributed by atoms with van der Waals surface area (Å²) >= 11 is 6.13. The fourth-order valence-electron chi connectivity index (χ4n) is 2.21. The molecule has 1 fully saturated rings. The first-order chi connectivity index (χ1) is 10.2. The number of nitroso groups, excluding NO2 is 1. The molecule has 2 aromatic rings. The highest BCUT2D eigenvalue weighted by molar-refractivity contribution is 6.36. The highest BCUT2D eigenvalue weighted by Crippen LogP contribution is 2.36. The van der Waals surface area contributed by atoms with E-state index in [1.807, 2.05) is 6.07 Å². The van der Waals surface area contributed by atoms with Gasteiger partial charge in [-0.15, -0.1) is 4.91 Å². The number of nitrogens with zero attached hydrogens (tertiary/aromatic N) is 3. The van der Waals surface area contributed by atoms with Crippen LogP contribution in [0.2, 0.25) is 5.02 Å². The minimum absolute atomic E-state index is 0.100. The van der Waals surface area contributed by atoms with E-state index in [1.165, 1.54) is 12.3 Å². The van der Waals surface area contributed by atoms with Crippen molar-refractivity contribution >= 4 is 28.2 Å². The van der Waals surface area contributed by atoms with Gasteiger partial charge in [-0.1, -0.05) is 11.6 Å². The number of halogens is 1. The van der Waals surface area contributed by atoms with Crippen molar-refractivity contribution in [2.45, 2.75) is 12.5 Å². The Morgan fingerprint density at radius 1 is 1.52 bits per heavy atom. The second kappa shape index (κ2) is 5.64. The molecule has 1 aromatic carbocycles. The summed E-state index contributed by atoms with van der Waals surface area (Å²) < 4.78 is 11.0. The minimum atomic E-state index is -0.100. The number of benzene rings is 1. The van der Waals surface area contributed by atoms with Crippen molar-refractivity contribution in [1.82, 2.24) is 4.98 Å². The molecule has 1 saturated heterocycles. The molecule has 0 bridgehead atoms. The van der Waals surface area contributed by atoms with Gasteiger partial charge in [-0.25, -0.2) is 0 Å². The second-order valence-corrected chi connectivity index (χ2v) is 5.01. The molecule has 0 spiro atoms. The van der Waals surface area contributed by atoms with Crippen molar-refractivity contribution in [2.24, 2.45) is 5.18 Å². The number of nitriles is 1. The van der Waals surface area contributed by atoms with Crippen LogP contribution < -0.4 is 4.74 Å². The summed E-state index contributed by atoms with van der Waals surface area (Å²) in [5.74, 6) is 0.348. The zero-order chi connectivity index (χ0) is 14.8. The third-order valence-corrected chi connectivity index (χ3v) is 3.69. The Morgan fingerprint density at radius 2 is 2.38 bits per heavy atom. The van der Waals surface area contributed by atoms with E-state index in [-0.39, 0.29) is 22.4 Å². The largest absolute Gasteiger partial charge is 0.485 e. The summed E-state index contributed by atoms with van der Waals surface area (Å²) in [6.07, 6.45) is 2.05. The number of fused-ring (bicyclic) bond motifs is 1. The zero-order valence-electron chi connectivity index (χ0n) is 10.9. The second-order valence-electron chi connectivity index (χ2n) is 4.63. The fraction of sp³-hybridized carbons (Fsp3) is 0.286. The summed E-state index contributed by atoms with van der Waals surface area (Å²) in [5.41, 5.74) is 0.924. The number of aromatic nitrogens is 1. The Balaban J connectivity index is 2.09. The molecular formula is C14H10ClN3O3. The van der Waals surface area contributed by atoms with Crippen LogP contribution in [-0.4, -0.2) is 24.3 Å². The van der Waals surface area contributed by atoms with E-state index in [4.69, 9.17) is 26.3 Å². The number of ether oxygens (including phenoxy) is 2. The molecule has 0 saturated carbocycles. The maximum atomic E-state index is 11.0. The van der Waals surface area contributed by atoms with Gasteiger partial charge < -0.3 is 9.47 Å². The smallest absolute Gasteiger partial charge is 0.151 e. The maximum Gasteiger partial charge on any atom is 0.151 e. The monoisotopic (exact) mass is 303 g/mol. The lowest BCUT2D eigenvalue weighted by Crippen LogP contribution is -2.15. The molecule has 21 heavy (non-hydrogen) atoms. The van der Waals surface area contributed by atoms with Crippen LogP contribution in [0, 0.1) is 16.2 Å². The van der Waals surface area contributed by atoms with Crippen LogP contribution in [0.25, 0.3) is 10.9 Å². The predicted molar refractivity (Wildman–Crippen MR) is 76.8 cm³/mol. The van der Waals surface area contributed by atoms with E-state index in [9.17, 15) is 4.91 Å². The van der Waals surface area contributed by atoms with Gasteiger partial charge in [0.25, 0.3) is 0 Å². The van der Waals surface area contributed by atoms with Crippen molar-refractivity contribution in [3.63, 3.8) is 0 Å². The SMILES string of the molecule is N#Cc1cnc2cc(OC3CCOC3)c(N=O)cc2c1Cl. The minimum Gasteiger partial charge on any atom is -0.485 e. The summed E-state index contributed by atoms with van der Waals surface area (Å²) in [6, 6.07) is 5.05. The van der Waals surface area contributed by atoms with Crippen molar-refractivity contribution in [2.75, 3.05) is 13.2 Å². The Hall–Kier alpha value is -2.23. The third-order valence-electron chi connectivity index (χ3n) is 3.28. The van der Waals surface area contributed by atoms with Gasteiger partial charge in [0.05, 0.1) is 29.3 Å². The highest BCUT2D eigenvalue weighted by Gasteiger charge is 2.20. The van der Waals surface area contributed by atoms with Crippen LogP contribution in [0.4, 0.5) is 5.69 Å². The lowest BCUT2D eigenvalue weighted by Gasteiger charge is -2.13. The normalized spacial score (nSPS) is 17.6. The first kappa shape index (κ1) is 13.7. The lowest BCUT2D eigenvalue weighted by molar-refractivity contribution is 0.142. The Labute approximate surface area is 125 Å². The summed E-state index contributed by atoms with van der Waals surface area (Å²) in [4.78, 5) is 15.2. The van der Waals surface area contributed by atoms with Gasteiger partial charge in [-0.3, -0.25) is 4.98 Å². The maximum absolute atomic E-state index is 11.0. The molecule has 1 atom stereocenters. The molecule has 3 rings (SSSR count). The molecule has 0 N–H and O–H groups in total. The van der Waals surface area contributed by atoms with E-state index in [1.54, 1.807) is 6.07 Å². The average molecular weight is 304 g/mol. The lowest BCUT2D eigenvalue weighted by atomic mass is 10.1. The van der Waals surface area contributed by atoms with E-state index >= 15 is 0 Å². The van der Waals surface area contributed by atoms with Gasteiger partial charge in [0.15, 0.2) is 11.4 Å². The third kappa shape index (κ3) is 2.53. The zero-order valence-corrected chi connectivity index (χ0v) is 11.6. The number of pyridine rings is 1. The quantitative estimate of drug-likeness (QED) is 0.812. The van der Waals surface area contributed by atoms with Crippen LogP contribution in [0.5, 0.6) is 5.75 Å². The molecule has 1 unspecified atom stereocenters. The van der Waals surface area contributed by atoms with E-state index in [0.717, 1.165) is 6.42 Å². The van der Waals surface area contributed by atoms with Gasteiger partial charge in [0, 0.05) is 24.1 Å². The topological polar surface area (TPSA) is 84.6 Å². The van der Waals surface area contributed by atoms with Crippen molar-refractivity contribution in [1.29, 1.82) is 5.26 Å². The summed E-state index contributed by atoms with van der Waals surface area (Å²) in [7, 11) is 0. The van der Waals surface area contributed by atoms with Crippen LogP contribution in [0.3, 0.4) is 0 Å². The molecule has 6 nitrogen and oxygen atoms in total. The highest BCUT2D eigenvalue weighted by atomic mass is 35.5. The van der Waals surface area contributed by atoms with Crippen LogP contribution in [-0.2, 0) is 4.74 Å².